The first kappa shape index (κ1) is 30.0. The molecule has 0 heterocycles. The Labute approximate surface area is 236 Å². The van der Waals surface area contributed by atoms with Gasteiger partial charge in [0, 0.05) is 17.5 Å². The minimum Gasteiger partial charge on any atom is -0.444 e. The predicted octanol–water partition coefficient (Wildman–Crippen LogP) is 6.20. The number of hydrogen-bond acceptors (Lipinski definition) is 5. The van der Waals surface area contributed by atoms with Crippen LogP contribution < -0.4 is 10.6 Å². The van der Waals surface area contributed by atoms with Crippen LogP contribution in [0.2, 0.25) is 0 Å². The van der Waals surface area contributed by atoms with Crippen LogP contribution in [0.5, 0.6) is 0 Å². The summed E-state index contributed by atoms with van der Waals surface area (Å²) in [5, 5.41) is 7.73. The molecule has 7 nitrogen and oxygen atoms in total. The number of fused-ring (bicyclic) bond motifs is 1. The number of benzene rings is 3. The number of hydrogen-bond donors (Lipinski definition) is 3. The van der Waals surface area contributed by atoms with Gasteiger partial charge in [-0.05, 0) is 88.1 Å². The molecular weight excluding hydrogens is 510 g/mol. The molecule has 2 unspecified atom stereocenters. The van der Waals surface area contributed by atoms with E-state index in [0.717, 1.165) is 21.9 Å². The Morgan fingerprint density at radius 3 is 2.23 bits per heavy atom. The molecule has 39 heavy (non-hydrogen) atoms. The van der Waals surface area contributed by atoms with Crippen molar-refractivity contribution in [3.63, 3.8) is 0 Å². The molecule has 0 spiro atoms. The fraction of sp³-hybridized carbons (Fsp3) is 0.387. The molecule has 208 valence electrons. The normalized spacial score (nSPS) is 13.1. The Morgan fingerprint density at radius 1 is 0.949 bits per heavy atom. The van der Waals surface area contributed by atoms with Crippen LogP contribution >= 0.6 is 12.6 Å². The van der Waals surface area contributed by atoms with Gasteiger partial charge in [0.25, 0.3) is 5.91 Å². The van der Waals surface area contributed by atoms with E-state index < -0.39 is 29.7 Å². The van der Waals surface area contributed by atoms with Crippen LogP contribution in [0.1, 0.15) is 57.4 Å². The van der Waals surface area contributed by atoms with E-state index in [1.165, 1.54) is 4.90 Å². The third-order valence-corrected chi connectivity index (χ3v) is 6.83. The molecule has 3 aromatic carbocycles. The molecule has 0 fully saturated rings. The highest BCUT2D eigenvalue weighted by atomic mass is 32.1. The van der Waals surface area contributed by atoms with Gasteiger partial charge in [0.15, 0.2) is 0 Å². The molecule has 0 radical (unpaired) electrons. The van der Waals surface area contributed by atoms with E-state index in [1.807, 2.05) is 88.4 Å². The largest absolute Gasteiger partial charge is 0.444 e. The zero-order chi connectivity index (χ0) is 28.9. The molecule has 0 aliphatic rings. The molecule has 0 saturated carbocycles. The monoisotopic (exact) mass is 549 g/mol. The lowest BCUT2D eigenvalue weighted by Gasteiger charge is -2.37. The fourth-order valence-corrected chi connectivity index (χ4v) is 4.71. The number of thiol groups is 1. The third kappa shape index (κ3) is 7.53. The predicted molar refractivity (Wildman–Crippen MR) is 160 cm³/mol. The quantitative estimate of drug-likeness (QED) is 0.292. The van der Waals surface area contributed by atoms with Crippen LogP contribution in [0, 0.1) is 13.8 Å². The number of aryl methyl sites for hydroxylation is 1. The van der Waals surface area contributed by atoms with Gasteiger partial charge in [0.05, 0.1) is 0 Å². The molecule has 3 aromatic rings. The van der Waals surface area contributed by atoms with Gasteiger partial charge < -0.3 is 20.3 Å². The summed E-state index contributed by atoms with van der Waals surface area (Å²) in [6.45, 7) is 12.9. The van der Waals surface area contributed by atoms with Gasteiger partial charge in [-0.25, -0.2) is 4.79 Å². The highest BCUT2D eigenvalue weighted by Gasteiger charge is 2.38. The highest BCUT2D eigenvalue weighted by Crippen LogP contribution is 2.30. The summed E-state index contributed by atoms with van der Waals surface area (Å²) in [4.78, 5) is 42.1. The van der Waals surface area contributed by atoms with E-state index in [9.17, 15) is 14.4 Å². The maximum absolute atomic E-state index is 14.0. The first-order valence-electron chi connectivity index (χ1n) is 13.1. The van der Waals surface area contributed by atoms with Crippen molar-refractivity contribution in [3.8, 4) is 0 Å². The zero-order valence-electron chi connectivity index (χ0n) is 23.7. The van der Waals surface area contributed by atoms with Gasteiger partial charge in [-0.15, -0.1) is 0 Å². The molecule has 0 aliphatic carbocycles. The van der Waals surface area contributed by atoms with Crippen LogP contribution in [-0.4, -0.2) is 46.2 Å². The lowest BCUT2D eigenvalue weighted by atomic mass is 9.94. The number of alkyl carbamates (subject to hydrolysis) is 1. The number of nitrogens with zero attached hydrogens (tertiary/aromatic N) is 1. The summed E-state index contributed by atoms with van der Waals surface area (Å²) in [6, 6.07) is 17.0. The van der Waals surface area contributed by atoms with Crippen LogP contribution in [-0.2, 0) is 14.3 Å². The number of nitrogens with one attached hydrogen (secondary N) is 2. The van der Waals surface area contributed by atoms with E-state index in [0.29, 0.717) is 11.3 Å². The molecule has 2 N–H and O–H groups in total. The average molecular weight is 550 g/mol. The van der Waals surface area contributed by atoms with E-state index in [2.05, 4.69) is 23.3 Å². The highest BCUT2D eigenvalue weighted by molar-refractivity contribution is 7.80. The first-order chi connectivity index (χ1) is 18.3. The van der Waals surface area contributed by atoms with Gasteiger partial charge in [-0.3, -0.25) is 9.59 Å². The third-order valence-electron chi connectivity index (χ3n) is 6.47. The van der Waals surface area contributed by atoms with Gasteiger partial charge in [0.2, 0.25) is 5.91 Å². The lowest BCUT2D eigenvalue weighted by Crippen LogP contribution is -2.55. The molecule has 0 aromatic heterocycles. The molecule has 3 amide bonds. The van der Waals surface area contributed by atoms with Gasteiger partial charge in [-0.2, -0.15) is 12.6 Å². The maximum atomic E-state index is 14.0. The second-order valence-corrected chi connectivity index (χ2v) is 11.3. The van der Waals surface area contributed by atoms with Crippen molar-refractivity contribution in [1.82, 2.24) is 10.2 Å². The number of carbonyl (C=O) groups excluding carboxylic acids is 3. The van der Waals surface area contributed by atoms with Crippen LogP contribution in [0.3, 0.4) is 0 Å². The van der Waals surface area contributed by atoms with Crippen molar-refractivity contribution in [2.75, 3.05) is 11.1 Å². The van der Waals surface area contributed by atoms with Crippen molar-refractivity contribution in [2.24, 2.45) is 0 Å². The minimum atomic E-state index is -0.994. The number of rotatable bonds is 8. The standard InChI is InChI=1S/C31H39N3O4S/c1-19(2)34(29(36)26(18-39)33-30(37)38-31(5,6)7)27(25-14-10-11-20(3)21(25)4)28(35)32-24-16-15-22-12-8-9-13-23(22)17-24/h8-17,19,26-27,39H,18H2,1-7H3,(H,32,35)(H,33,37). The molecule has 0 aliphatic heterocycles. The Bertz CT molecular complexity index is 1350. The molecule has 0 saturated heterocycles. The lowest BCUT2D eigenvalue weighted by molar-refractivity contribution is -0.142. The number of ether oxygens (including phenoxy) is 1. The van der Waals surface area contributed by atoms with Crippen molar-refractivity contribution < 1.29 is 19.1 Å². The Balaban J connectivity index is 2.02. The van der Waals surface area contributed by atoms with Crippen LogP contribution in [0.4, 0.5) is 10.5 Å². The molecular formula is C31H39N3O4S. The van der Waals surface area contributed by atoms with Crippen molar-refractivity contribution >= 4 is 47.0 Å². The SMILES string of the molecule is Cc1cccc(C(C(=O)Nc2ccc3ccccc3c2)N(C(=O)C(CS)NC(=O)OC(C)(C)C)C(C)C)c1C. The molecule has 8 heteroatoms. The van der Waals surface area contributed by atoms with Crippen molar-refractivity contribution in [3.05, 3.63) is 77.4 Å². The number of anilines is 1. The Morgan fingerprint density at radius 2 is 1.62 bits per heavy atom. The first-order valence-corrected chi connectivity index (χ1v) is 13.7. The van der Waals surface area contributed by atoms with Gasteiger partial charge in [0.1, 0.15) is 17.7 Å². The van der Waals surface area contributed by atoms with Crippen LogP contribution in [0.25, 0.3) is 10.8 Å². The molecule has 2 atom stereocenters. The van der Waals surface area contributed by atoms with Crippen molar-refractivity contribution in [1.29, 1.82) is 0 Å². The summed E-state index contributed by atoms with van der Waals surface area (Å²) in [6.07, 6.45) is -0.720. The zero-order valence-corrected chi connectivity index (χ0v) is 24.6. The summed E-state index contributed by atoms with van der Waals surface area (Å²) < 4.78 is 5.37. The topological polar surface area (TPSA) is 87.7 Å². The van der Waals surface area contributed by atoms with E-state index in [-0.39, 0.29) is 17.7 Å². The summed E-state index contributed by atoms with van der Waals surface area (Å²) >= 11 is 4.34. The van der Waals surface area contributed by atoms with Crippen molar-refractivity contribution in [2.45, 2.75) is 72.2 Å². The fourth-order valence-electron chi connectivity index (χ4n) is 4.46. The average Bonchev–Trinajstić information content (AvgIpc) is 2.86. The maximum Gasteiger partial charge on any atom is 0.408 e. The Kier molecular flexibility index (Phi) is 9.67. The second-order valence-electron chi connectivity index (χ2n) is 11.0. The molecule has 0 bridgehead atoms. The van der Waals surface area contributed by atoms with E-state index in [1.54, 1.807) is 20.8 Å². The summed E-state index contributed by atoms with van der Waals surface area (Å²) in [5.41, 5.74) is 2.53. The van der Waals surface area contributed by atoms with Gasteiger partial charge in [-0.1, -0.05) is 48.5 Å². The van der Waals surface area contributed by atoms with E-state index >= 15 is 0 Å². The smallest absolute Gasteiger partial charge is 0.408 e. The minimum absolute atomic E-state index is 0.0348. The summed E-state index contributed by atoms with van der Waals surface area (Å²) in [5.74, 6) is -0.741. The second kappa shape index (κ2) is 12.6. The Hall–Kier alpha value is -3.52. The number of carbonyl (C=O) groups is 3. The van der Waals surface area contributed by atoms with Crippen LogP contribution in [0.15, 0.2) is 60.7 Å². The summed E-state index contributed by atoms with van der Waals surface area (Å²) in [7, 11) is 0. The molecule has 3 rings (SSSR count). The number of amides is 3. The van der Waals surface area contributed by atoms with Gasteiger partial charge >= 0.3 is 6.09 Å². The van der Waals surface area contributed by atoms with E-state index in [4.69, 9.17) is 4.74 Å².